The van der Waals surface area contributed by atoms with E-state index >= 15 is 0 Å². The number of esters is 1. The molecule has 2 amide bonds. The Labute approximate surface area is 160 Å². The largest absolute Gasteiger partial charge is 0.516 e. The number of carbonyl (C=O) groups excluding carboxylic acids is 3. The minimum Gasteiger partial charge on any atom is -0.508 e. The van der Waals surface area contributed by atoms with Gasteiger partial charge in [0.1, 0.15) is 5.75 Å². The van der Waals surface area contributed by atoms with E-state index in [1.54, 1.807) is 25.1 Å². The van der Waals surface area contributed by atoms with Crippen molar-refractivity contribution in [1.82, 2.24) is 5.32 Å². The molecule has 27 heavy (non-hydrogen) atoms. The minimum absolute atomic E-state index is 0.0265. The topological polar surface area (TPSA) is 114 Å². The summed E-state index contributed by atoms with van der Waals surface area (Å²) in [6.45, 7) is 1.58. The second kappa shape index (κ2) is 9.44. The Morgan fingerprint density at radius 3 is 2.48 bits per heavy atom. The first-order chi connectivity index (χ1) is 12.9. The molecule has 1 atom stereocenters. The highest BCUT2D eigenvalue weighted by molar-refractivity contribution is 6.30. The van der Waals surface area contributed by atoms with Crippen LogP contribution in [0.2, 0.25) is 5.02 Å². The first kappa shape index (κ1) is 20.1. The van der Waals surface area contributed by atoms with Gasteiger partial charge >= 0.3 is 18.2 Å². The van der Waals surface area contributed by atoms with Gasteiger partial charge in [-0.05, 0) is 42.8 Å². The lowest BCUT2D eigenvalue weighted by Gasteiger charge is -2.18. The molecule has 3 N–H and O–H groups in total. The predicted molar refractivity (Wildman–Crippen MR) is 97.6 cm³/mol. The van der Waals surface area contributed by atoms with Gasteiger partial charge in [-0.1, -0.05) is 29.8 Å². The Kier molecular flexibility index (Phi) is 7.01. The summed E-state index contributed by atoms with van der Waals surface area (Å²) in [5.74, 6) is -1.07. The highest BCUT2D eigenvalue weighted by Crippen LogP contribution is 2.20. The lowest BCUT2D eigenvalue weighted by atomic mass is 10.1. The first-order valence-corrected chi connectivity index (χ1v) is 8.27. The van der Waals surface area contributed by atoms with Gasteiger partial charge in [0.15, 0.2) is 6.04 Å². The van der Waals surface area contributed by atoms with Crippen molar-refractivity contribution in [2.75, 3.05) is 11.9 Å². The van der Waals surface area contributed by atoms with Crippen LogP contribution >= 0.6 is 11.6 Å². The predicted octanol–water partition coefficient (Wildman–Crippen LogP) is 3.61. The summed E-state index contributed by atoms with van der Waals surface area (Å²) in [6.07, 6.45) is -1.18. The second-order valence-electron chi connectivity index (χ2n) is 5.24. The number of rotatable bonds is 5. The molecule has 2 aromatic carbocycles. The van der Waals surface area contributed by atoms with Crippen molar-refractivity contribution in [3.63, 3.8) is 0 Å². The molecule has 0 saturated carbocycles. The van der Waals surface area contributed by atoms with E-state index in [4.69, 9.17) is 11.6 Å². The van der Waals surface area contributed by atoms with Crippen LogP contribution in [0.5, 0.6) is 5.75 Å². The summed E-state index contributed by atoms with van der Waals surface area (Å²) in [5.41, 5.74) is 0.701. The van der Waals surface area contributed by atoms with E-state index in [9.17, 15) is 19.5 Å². The van der Waals surface area contributed by atoms with Gasteiger partial charge in [0.05, 0.1) is 6.61 Å². The molecule has 8 nitrogen and oxygen atoms in total. The SMILES string of the molecule is CCOC(=O)OC(=O)C(NC(=O)Nc1cccc(Cl)c1)c1ccc(O)cc1. The zero-order valence-corrected chi connectivity index (χ0v) is 15.0. The Morgan fingerprint density at radius 1 is 1.15 bits per heavy atom. The van der Waals surface area contributed by atoms with Crippen molar-refractivity contribution in [3.05, 3.63) is 59.1 Å². The number of phenolic OH excluding ortho intramolecular Hbond substituents is 1. The number of aromatic hydroxyl groups is 1. The number of benzene rings is 2. The molecule has 142 valence electrons. The lowest BCUT2D eigenvalue weighted by Crippen LogP contribution is -2.38. The standard InChI is InChI=1S/C18H17ClN2O6/c1-2-26-18(25)27-16(23)15(11-6-8-14(22)9-7-11)21-17(24)20-13-5-3-4-12(19)10-13/h3-10,15,22H,2H2,1H3,(H2,20,21,24). The molecule has 0 saturated heterocycles. The van der Waals surface area contributed by atoms with Crippen molar-refractivity contribution in [2.45, 2.75) is 13.0 Å². The molecule has 0 heterocycles. The number of urea groups is 1. The van der Waals surface area contributed by atoms with E-state index in [2.05, 4.69) is 20.1 Å². The third kappa shape index (κ3) is 6.19. The fraction of sp³-hybridized carbons (Fsp3) is 0.167. The van der Waals surface area contributed by atoms with Crippen molar-refractivity contribution >= 4 is 35.4 Å². The summed E-state index contributed by atoms with van der Waals surface area (Å²) in [6, 6.07) is 9.85. The van der Waals surface area contributed by atoms with Gasteiger partial charge in [-0.25, -0.2) is 14.4 Å². The number of hydrogen-bond donors (Lipinski definition) is 3. The zero-order chi connectivity index (χ0) is 19.8. The van der Waals surface area contributed by atoms with Crippen molar-refractivity contribution in [2.24, 2.45) is 0 Å². The summed E-state index contributed by atoms with van der Waals surface area (Å²) in [5, 5.41) is 14.7. The van der Waals surface area contributed by atoms with Crippen LogP contribution in [0, 0.1) is 0 Å². The van der Waals surface area contributed by atoms with Crippen LogP contribution in [0.25, 0.3) is 0 Å². The van der Waals surface area contributed by atoms with E-state index in [0.717, 1.165) is 0 Å². The van der Waals surface area contributed by atoms with Crippen molar-refractivity contribution < 1.29 is 29.0 Å². The number of halogens is 1. The van der Waals surface area contributed by atoms with Gasteiger partial charge in [0.25, 0.3) is 0 Å². The molecule has 1 unspecified atom stereocenters. The van der Waals surface area contributed by atoms with Gasteiger partial charge in [0.2, 0.25) is 0 Å². The summed E-state index contributed by atoms with van der Waals surface area (Å²) >= 11 is 5.86. The summed E-state index contributed by atoms with van der Waals surface area (Å²) in [4.78, 5) is 36.0. The summed E-state index contributed by atoms with van der Waals surface area (Å²) < 4.78 is 9.15. The number of nitrogens with one attached hydrogen (secondary N) is 2. The Balaban J connectivity index is 2.15. The molecular weight excluding hydrogens is 376 g/mol. The maximum atomic E-state index is 12.3. The van der Waals surface area contributed by atoms with Crippen LogP contribution in [0.15, 0.2) is 48.5 Å². The number of phenols is 1. The van der Waals surface area contributed by atoms with Crippen LogP contribution in [0.1, 0.15) is 18.5 Å². The van der Waals surface area contributed by atoms with Gasteiger partial charge in [-0.3, -0.25) is 0 Å². The molecule has 2 aromatic rings. The van der Waals surface area contributed by atoms with Crippen LogP contribution in [-0.4, -0.2) is 29.9 Å². The minimum atomic E-state index is -1.31. The molecule has 0 radical (unpaired) electrons. The number of ether oxygens (including phenoxy) is 2. The quantitative estimate of drug-likeness (QED) is 0.529. The number of hydrogen-bond acceptors (Lipinski definition) is 6. The van der Waals surface area contributed by atoms with E-state index in [1.807, 2.05) is 0 Å². The molecular formula is C18H17ClN2O6. The van der Waals surface area contributed by atoms with E-state index in [-0.39, 0.29) is 12.4 Å². The van der Waals surface area contributed by atoms with Gasteiger partial charge < -0.3 is 25.2 Å². The monoisotopic (exact) mass is 392 g/mol. The molecule has 0 aromatic heterocycles. The van der Waals surface area contributed by atoms with Gasteiger partial charge in [0, 0.05) is 10.7 Å². The van der Waals surface area contributed by atoms with E-state index < -0.39 is 24.2 Å². The number of anilines is 1. The smallest absolute Gasteiger partial charge is 0.508 e. The first-order valence-electron chi connectivity index (χ1n) is 7.89. The Hall–Kier alpha value is -3.26. The highest BCUT2D eigenvalue weighted by Gasteiger charge is 2.27. The Bertz CT molecular complexity index is 825. The van der Waals surface area contributed by atoms with Crippen LogP contribution in [0.4, 0.5) is 15.3 Å². The fourth-order valence-electron chi connectivity index (χ4n) is 2.10. The highest BCUT2D eigenvalue weighted by atomic mass is 35.5. The summed E-state index contributed by atoms with van der Waals surface area (Å²) in [7, 11) is 0. The number of carbonyl (C=O) groups is 3. The third-order valence-corrected chi connectivity index (χ3v) is 3.50. The fourth-order valence-corrected chi connectivity index (χ4v) is 2.29. The van der Waals surface area contributed by atoms with Crippen LogP contribution < -0.4 is 10.6 Å². The van der Waals surface area contributed by atoms with Crippen LogP contribution in [-0.2, 0) is 14.3 Å². The van der Waals surface area contributed by atoms with Crippen molar-refractivity contribution in [3.8, 4) is 5.75 Å². The molecule has 0 bridgehead atoms. The lowest BCUT2D eigenvalue weighted by molar-refractivity contribution is -0.142. The maximum Gasteiger partial charge on any atom is 0.516 e. The van der Waals surface area contributed by atoms with E-state index in [0.29, 0.717) is 16.3 Å². The number of amides is 2. The average molecular weight is 393 g/mol. The van der Waals surface area contributed by atoms with Gasteiger partial charge in [-0.2, -0.15) is 0 Å². The molecule has 9 heteroatoms. The van der Waals surface area contributed by atoms with E-state index in [1.165, 1.54) is 30.3 Å². The third-order valence-electron chi connectivity index (χ3n) is 3.27. The Morgan fingerprint density at radius 2 is 1.85 bits per heavy atom. The average Bonchev–Trinajstić information content (AvgIpc) is 2.60. The molecule has 2 rings (SSSR count). The maximum absolute atomic E-state index is 12.3. The molecule has 0 fully saturated rings. The zero-order valence-electron chi connectivity index (χ0n) is 14.3. The van der Waals surface area contributed by atoms with Crippen molar-refractivity contribution in [1.29, 1.82) is 0 Å². The second-order valence-corrected chi connectivity index (χ2v) is 5.67. The van der Waals surface area contributed by atoms with Gasteiger partial charge in [-0.15, -0.1) is 0 Å². The molecule has 0 aliphatic carbocycles. The molecule has 0 spiro atoms. The van der Waals surface area contributed by atoms with Crippen LogP contribution in [0.3, 0.4) is 0 Å². The normalized spacial score (nSPS) is 11.2. The molecule has 0 aliphatic heterocycles. The molecule has 0 aliphatic rings.